The lowest BCUT2D eigenvalue weighted by Gasteiger charge is -2.42. The molecule has 4 heteroatoms. The first-order valence-electron chi connectivity index (χ1n) is 7.02. The zero-order valence-electron chi connectivity index (χ0n) is 11.7. The van der Waals surface area contributed by atoms with Gasteiger partial charge < -0.3 is 5.32 Å². The van der Waals surface area contributed by atoms with Crippen molar-refractivity contribution in [2.75, 3.05) is 6.54 Å². The monoisotopic (exact) mass is 269 g/mol. The van der Waals surface area contributed by atoms with E-state index in [0.717, 1.165) is 12.8 Å². The molecule has 0 unspecified atom stereocenters. The summed E-state index contributed by atoms with van der Waals surface area (Å²) in [6.45, 7) is 0.699. The fourth-order valence-electron chi connectivity index (χ4n) is 2.85. The molecule has 1 heterocycles. The molecule has 1 aliphatic rings. The maximum atomic E-state index is 12.1. The molecule has 1 amide bonds. The molecule has 1 N–H and O–H groups in total. The van der Waals surface area contributed by atoms with E-state index in [9.17, 15) is 4.79 Å². The van der Waals surface area contributed by atoms with Crippen LogP contribution in [0.3, 0.4) is 0 Å². The van der Waals surface area contributed by atoms with Gasteiger partial charge in [-0.3, -0.25) is 9.48 Å². The minimum atomic E-state index is -0.0414. The van der Waals surface area contributed by atoms with Gasteiger partial charge in [-0.05, 0) is 18.4 Å². The van der Waals surface area contributed by atoms with E-state index >= 15 is 0 Å². The van der Waals surface area contributed by atoms with Gasteiger partial charge in [-0.2, -0.15) is 5.10 Å². The molecule has 104 valence electrons. The summed E-state index contributed by atoms with van der Waals surface area (Å²) in [5, 5.41) is 7.09. The topological polar surface area (TPSA) is 46.9 Å². The maximum Gasteiger partial charge on any atom is 0.254 e. The molecule has 1 aromatic carbocycles. The van der Waals surface area contributed by atoms with Crippen LogP contribution in [0.1, 0.15) is 35.2 Å². The van der Waals surface area contributed by atoms with Crippen molar-refractivity contribution in [3.63, 3.8) is 0 Å². The summed E-state index contributed by atoms with van der Waals surface area (Å²) in [7, 11) is 1.81. The molecule has 20 heavy (non-hydrogen) atoms. The first-order chi connectivity index (χ1) is 9.70. The number of hydrogen-bond donors (Lipinski definition) is 1. The summed E-state index contributed by atoms with van der Waals surface area (Å²) in [4.78, 5) is 12.1. The highest BCUT2D eigenvalue weighted by molar-refractivity contribution is 5.93. The molecular weight excluding hydrogens is 250 g/mol. The maximum absolute atomic E-state index is 12.1. The van der Waals surface area contributed by atoms with Gasteiger partial charge in [-0.25, -0.2) is 0 Å². The summed E-state index contributed by atoms with van der Waals surface area (Å²) >= 11 is 0. The Bertz CT molecular complexity index is 599. The van der Waals surface area contributed by atoms with Crippen molar-refractivity contribution >= 4 is 5.91 Å². The second kappa shape index (κ2) is 5.12. The fourth-order valence-corrected chi connectivity index (χ4v) is 2.85. The highest BCUT2D eigenvalue weighted by atomic mass is 16.1. The number of amides is 1. The molecule has 0 bridgehead atoms. The summed E-state index contributed by atoms with van der Waals surface area (Å²) in [5.41, 5.74) is 2.08. The molecule has 2 aromatic rings. The lowest BCUT2D eigenvalue weighted by atomic mass is 9.64. The zero-order valence-corrected chi connectivity index (χ0v) is 11.7. The molecule has 0 aliphatic heterocycles. The Labute approximate surface area is 118 Å². The van der Waals surface area contributed by atoms with Crippen molar-refractivity contribution in [3.8, 4) is 0 Å². The van der Waals surface area contributed by atoms with Crippen LogP contribution in [0.25, 0.3) is 0 Å². The van der Waals surface area contributed by atoms with Crippen LogP contribution >= 0.6 is 0 Å². The van der Waals surface area contributed by atoms with Crippen molar-refractivity contribution in [1.82, 2.24) is 15.1 Å². The Kier molecular flexibility index (Phi) is 3.30. The van der Waals surface area contributed by atoms with E-state index in [4.69, 9.17) is 0 Å². The van der Waals surface area contributed by atoms with Crippen LogP contribution in [0.2, 0.25) is 0 Å². The molecule has 1 aromatic heterocycles. The highest BCUT2D eigenvalue weighted by Crippen LogP contribution is 2.43. The van der Waals surface area contributed by atoms with Crippen LogP contribution < -0.4 is 5.32 Å². The Morgan fingerprint density at radius 3 is 2.65 bits per heavy atom. The molecule has 1 aliphatic carbocycles. The molecule has 0 saturated heterocycles. The van der Waals surface area contributed by atoms with Gasteiger partial charge in [0.15, 0.2) is 0 Å². The third kappa shape index (κ3) is 2.33. The number of aryl methyl sites for hydroxylation is 1. The van der Waals surface area contributed by atoms with Crippen molar-refractivity contribution in [3.05, 3.63) is 53.9 Å². The average molecular weight is 269 g/mol. The summed E-state index contributed by atoms with van der Waals surface area (Å²) < 4.78 is 1.64. The molecule has 4 nitrogen and oxygen atoms in total. The number of nitrogens with zero attached hydrogens (tertiary/aromatic N) is 2. The Morgan fingerprint density at radius 1 is 1.35 bits per heavy atom. The predicted molar refractivity (Wildman–Crippen MR) is 77.5 cm³/mol. The quantitative estimate of drug-likeness (QED) is 0.925. The van der Waals surface area contributed by atoms with Crippen molar-refractivity contribution in [2.45, 2.75) is 24.7 Å². The number of carbonyl (C=O) groups is 1. The third-order valence-corrected chi connectivity index (χ3v) is 4.25. The van der Waals surface area contributed by atoms with Crippen LogP contribution in [0, 0.1) is 0 Å². The van der Waals surface area contributed by atoms with Crippen LogP contribution in [-0.2, 0) is 12.5 Å². The van der Waals surface area contributed by atoms with E-state index in [-0.39, 0.29) is 11.3 Å². The first-order valence-corrected chi connectivity index (χ1v) is 7.02. The number of hydrogen-bond acceptors (Lipinski definition) is 2. The van der Waals surface area contributed by atoms with Crippen LogP contribution in [-0.4, -0.2) is 22.2 Å². The number of aromatic nitrogens is 2. The standard InChI is InChI=1S/C16H19N3O/c1-19-11-13(10-18-19)15(20)17-12-16(8-5-9-16)14-6-3-2-4-7-14/h2-4,6-7,10-11H,5,8-9,12H2,1H3,(H,17,20). The molecule has 0 spiro atoms. The Morgan fingerprint density at radius 2 is 2.10 bits per heavy atom. The van der Waals surface area contributed by atoms with Gasteiger partial charge in [-0.1, -0.05) is 36.8 Å². The molecule has 1 saturated carbocycles. The molecule has 1 fully saturated rings. The largest absolute Gasteiger partial charge is 0.351 e. The molecule has 0 radical (unpaired) electrons. The van der Waals surface area contributed by atoms with Gasteiger partial charge >= 0.3 is 0 Å². The number of carbonyl (C=O) groups excluding carboxylic acids is 1. The van der Waals surface area contributed by atoms with Gasteiger partial charge in [0.2, 0.25) is 0 Å². The summed E-state index contributed by atoms with van der Waals surface area (Å²) in [5.74, 6) is -0.0414. The minimum Gasteiger partial charge on any atom is -0.351 e. The van der Waals surface area contributed by atoms with E-state index in [1.165, 1.54) is 12.0 Å². The van der Waals surface area contributed by atoms with E-state index < -0.39 is 0 Å². The van der Waals surface area contributed by atoms with Crippen LogP contribution in [0.5, 0.6) is 0 Å². The van der Waals surface area contributed by atoms with Gasteiger partial charge in [0.25, 0.3) is 5.91 Å². The summed E-state index contributed by atoms with van der Waals surface area (Å²) in [6, 6.07) is 10.5. The van der Waals surface area contributed by atoms with E-state index in [1.807, 2.05) is 13.1 Å². The minimum absolute atomic E-state index is 0.0414. The van der Waals surface area contributed by atoms with Crippen molar-refractivity contribution in [1.29, 1.82) is 0 Å². The molecule has 0 atom stereocenters. The first kappa shape index (κ1) is 12.9. The summed E-state index contributed by atoms with van der Waals surface area (Å²) in [6.07, 6.45) is 6.86. The van der Waals surface area contributed by atoms with Gasteiger partial charge in [0.05, 0.1) is 11.8 Å². The van der Waals surface area contributed by atoms with Gasteiger partial charge in [0.1, 0.15) is 0 Å². The Balaban J connectivity index is 1.69. The SMILES string of the molecule is Cn1cc(C(=O)NCC2(c3ccccc3)CCC2)cn1. The van der Waals surface area contributed by atoms with E-state index in [1.54, 1.807) is 17.1 Å². The predicted octanol–water partition coefficient (Wildman–Crippen LogP) is 2.27. The average Bonchev–Trinajstić information content (AvgIpc) is 2.85. The second-order valence-electron chi connectivity index (χ2n) is 5.59. The van der Waals surface area contributed by atoms with Gasteiger partial charge in [0, 0.05) is 25.2 Å². The lowest BCUT2D eigenvalue weighted by molar-refractivity contribution is 0.0928. The zero-order chi connectivity index (χ0) is 14.0. The van der Waals surface area contributed by atoms with E-state index in [0.29, 0.717) is 12.1 Å². The lowest BCUT2D eigenvalue weighted by Crippen LogP contribution is -2.45. The van der Waals surface area contributed by atoms with Gasteiger partial charge in [-0.15, -0.1) is 0 Å². The Hall–Kier alpha value is -2.10. The number of rotatable bonds is 4. The molecule has 3 rings (SSSR count). The van der Waals surface area contributed by atoms with E-state index in [2.05, 4.69) is 34.7 Å². The second-order valence-corrected chi connectivity index (χ2v) is 5.59. The smallest absolute Gasteiger partial charge is 0.254 e. The third-order valence-electron chi connectivity index (χ3n) is 4.25. The molecular formula is C16H19N3O. The normalized spacial score (nSPS) is 16.4. The highest BCUT2D eigenvalue weighted by Gasteiger charge is 2.38. The fraction of sp³-hybridized carbons (Fsp3) is 0.375. The van der Waals surface area contributed by atoms with Crippen molar-refractivity contribution in [2.24, 2.45) is 7.05 Å². The number of benzene rings is 1. The van der Waals surface area contributed by atoms with Crippen LogP contribution in [0.15, 0.2) is 42.7 Å². The van der Waals surface area contributed by atoms with Crippen LogP contribution in [0.4, 0.5) is 0 Å². The number of nitrogens with one attached hydrogen (secondary N) is 1. The van der Waals surface area contributed by atoms with Crippen molar-refractivity contribution < 1.29 is 4.79 Å².